The van der Waals surface area contributed by atoms with Gasteiger partial charge in [-0.3, -0.25) is 4.79 Å². The SMILES string of the molecule is CCCCCCN(C)C(=O)c1cnc(OCC(O)CNC(C)(C)C)s1. The molecule has 2 N–H and O–H groups in total. The second-order valence-corrected chi connectivity index (χ2v) is 8.37. The van der Waals surface area contributed by atoms with Gasteiger partial charge in [-0.1, -0.05) is 37.5 Å². The molecule has 0 bridgehead atoms. The number of thiazole rings is 1. The van der Waals surface area contributed by atoms with Gasteiger partial charge in [0.25, 0.3) is 11.1 Å². The molecule has 0 aliphatic heterocycles. The maximum absolute atomic E-state index is 12.4. The topological polar surface area (TPSA) is 74.7 Å². The fraction of sp³-hybridized carbons (Fsp3) is 0.778. The number of nitrogens with one attached hydrogen (secondary N) is 1. The largest absolute Gasteiger partial charge is 0.467 e. The van der Waals surface area contributed by atoms with Crippen molar-refractivity contribution in [2.24, 2.45) is 0 Å². The molecule has 6 nitrogen and oxygen atoms in total. The van der Waals surface area contributed by atoms with Crippen LogP contribution in [0, 0.1) is 0 Å². The number of amides is 1. The van der Waals surface area contributed by atoms with E-state index in [9.17, 15) is 9.90 Å². The molecule has 0 fully saturated rings. The van der Waals surface area contributed by atoms with E-state index >= 15 is 0 Å². The number of ether oxygens (including phenoxy) is 1. The summed E-state index contributed by atoms with van der Waals surface area (Å²) >= 11 is 1.22. The van der Waals surface area contributed by atoms with Crippen LogP contribution in [0.25, 0.3) is 0 Å². The molecule has 1 unspecified atom stereocenters. The molecule has 1 rings (SSSR count). The fourth-order valence-electron chi connectivity index (χ4n) is 2.14. The lowest BCUT2D eigenvalue weighted by Crippen LogP contribution is -2.42. The number of unbranched alkanes of at least 4 members (excludes halogenated alkanes) is 3. The molecule has 1 heterocycles. The molecule has 1 amide bonds. The summed E-state index contributed by atoms with van der Waals surface area (Å²) in [5.41, 5.74) is -0.0521. The maximum atomic E-state index is 12.4. The molecule has 7 heteroatoms. The molecular formula is C18H33N3O3S. The van der Waals surface area contributed by atoms with E-state index in [1.807, 2.05) is 27.8 Å². The first-order chi connectivity index (χ1) is 11.7. The van der Waals surface area contributed by atoms with Crippen molar-refractivity contribution in [2.75, 3.05) is 26.7 Å². The Morgan fingerprint density at radius 2 is 2.12 bits per heavy atom. The summed E-state index contributed by atoms with van der Waals surface area (Å²) in [6.45, 7) is 9.64. The van der Waals surface area contributed by atoms with Crippen LogP contribution in [-0.4, -0.2) is 59.3 Å². The van der Waals surface area contributed by atoms with E-state index in [1.165, 1.54) is 24.2 Å². The Balaban J connectivity index is 2.38. The Hall–Kier alpha value is -1.18. The molecule has 0 aliphatic carbocycles. The zero-order chi connectivity index (χ0) is 18.9. The Kier molecular flexibility index (Phi) is 9.38. The van der Waals surface area contributed by atoms with Crippen LogP contribution in [-0.2, 0) is 0 Å². The smallest absolute Gasteiger partial charge is 0.273 e. The van der Waals surface area contributed by atoms with E-state index in [0.717, 1.165) is 19.4 Å². The lowest BCUT2D eigenvalue weighted by atomic mass is 10.1. The van der Waals surface area contributed by atoms with Gasteiger partial charge in [0.05, 0.1) is 6.20 Å². The Bertz CT molecular complexity index is 514. The highest BCUT2D eigenvalue weighted by Crippen LogP contribution is 2.22. The van der Waals surface area contributed by atoms with E-state index in [2.05, 4.69) is 17.2 Å². The van der Waals surface area contributed by atoms with Crippen molar-refractivity contribution < 1.29 is 14.6 Å². The molecule has 1 aromatic rings. The molecular weight excluding hydrogens is 338 g/mol. The molecule has 0 aromatic carbocycles. The van der Waals surface area contributed by atoms with E-state index in [1.54, 1.807) is 11.1 Å². The minimum atomic E-state index is -0.622. The Morgan fingerprint density at radius 3 is 2.76 bits per heavy atom. The first kappa shape index (κ1) is 21.9. The maximum Gasteiger partial charge on any atom is 0.273 e. The molecule has 0 spiro atoms. The third-order valence-electron chi connectivity index (χ3n) is 3.66. The first-order valence-corrected chi connectivity index (χ1v) is 9.81. The Morgan fingerprint density at radius 1 is 1.40 bits per heavy atom. The Labute approximate surface area is 155 Å². The highest BCUT2D eigenvalue weighted by molar-refractivity contribution is 7.15. The van der Waals surface area contributed by atoms with Crippen LogP contribution < -0.4 is 10.1 Å². The number of β-amino-alcohol motifs (C(OH)–C–C–N with tert-alkyl or cyclic N) is 1. The average Bonchev–Trinajstić information content (AvgIpc) is 3.02. The number of carbonyl (C=O) groups is 1. The van der Waals surface area contributed by atoms with Crippen molar-refractivity contribution in [3.63, 3.8) is 0 Å². The number of carbonyl (C=O) groups excluding carboxylic acids is 1. The summed E-state index contributed by atoms with van der Waals surface area (Å²) in [6.07, 6.45) is 5.47. The summed E-state index contributed by atoms with van der Waals surface area (Å²) < 4.78 is 5.50. The molecule has 0 saturated carbocycles. The van der Waals surface area contributed by atoms with Crippen LogP contribution in [0.2, 0.25) is 0 Å². The summed E-state index contributed by atoms with van der Waals surface area (Å²) in [7, 11) is 1.82. The normalized spacial score (nSPS) is 12.9. The molecule has 0 saturated heterocycles. The van der Waals surface area contributed by atoms with Gasteiger partial charge in [0, 0.05) is 25.7 Å². The van der Waals surface area contributed by atoms with Gasteiger partial charge in [0.2, 0.25) is 0 Å². The molecule has 25 heavy (non-hydrogen) atoms. The van der Waals surface area contributed by atoms with Crippen molar-refractivity contribution in [2.45, 2.75) is 65.0 Å². The summed E-state index contributed by atoms with van der Waals surface area (Å²) in [5.74, 6) is -0.0289. The van der Waals surface area contributed by atoms with Gasteiger partial charge < -0.3 is 20.1 Å². The van der Waals surface area contributed by atoms with Crippen LogP contribution in [0.3, 0.4) is 0 Å². The number of aliphatic hydroxyl groups is 1. The number of aromatic nitrogens is 1. The highest BCUT2D eigenvalue weighted by atomic mass is 32.1. The minimum Gasteiger partial charge on any atom is -0.467 e. The first-order valence-electron chi connectivity index (χ1n) is 9.00. The zero-order valence-electron chi connectivity index (χ0n) is 16.2. The van der Waals surface area contributed by atoms with Crippen LogP contribution in [0.4, 0.5) is 0 Å². The molecule has 0 aliphatic rings. The van der Waals surface area contributed by atoms with E-state index in [-0.39, 0.29) is 18.1 Å². The van der Waals surface area contributed by atoms with Crippen LogP contribution in [0.15, 0.2) is 6.20 Å². The third kappa shape index (κ3) is 9.18. The predicted molar refractivity (Wildman–Crippen MR) is 102 cm³/mol. The van der Waals surface area contributed by atoms with Crippen LogP contribution >= 0.6 is 11.3 Å². The fourth-order valence-corrected chi connectivity index (χ4v) is 2.91. The number of rotatable bonds is 11. The lowest BCUT2D eigenvalue weighted by molar-refractivity contribution is 0.0797. The molecule has 0 radical (unpaired) electrons. The number of hydrogen-bond donors (Lipinski definition) is 2. The van der Waals surface area contributed by atoms with Crippen LogP contribution in [0.1, 0.15) is 63.0 Å². The second kappa shape index (κ2) is 10.7. The average molecular weight is 372 g/mol. The van der Waals surface area contributed by atoms with Gasteiger partial charge in [0.15, 0.2) is 0 Å². The number of aliphatic hydroxyl groups excluding tert-OH is 1. The monoisotopic (exact) mass is 371 g/mol. The summed E-state index contributed by atoms with van der Waals surface area (Å²) in [5, 5.41) is 13.6. The predicted octanol–water partition coefficient (Wildman–Crippen LogP) is 2.92. The van der Waals surface area contributed by atoms with Crippen molar-refractivity contribution in [3.05, 3.63) is 11.1 Å². The van der Waals surface area contributed by atoms with E-state index in [0.29, 0.717) is 16.6 Å². The zero-order valence-corrected chi connectivity index (χ0v) is 17.0. The third-order valence-corrected chi connectivity index (χ3v) is 4.55. The van der Waals surface area contributed by atoms with Gasteiger partial charge in [-0.25, -0.2) is 4.98 Å². The molecule has 1 atom stereocenters. The van der Waals surface area contributed by atoms with Gasteiger partial charge in [-0.15, -0.1) is 0 Å². The van der Waals surface area contributed by atoms with Crippen molar-refractivity contribution in [1.29, 1.82) is 0 Å². The van der Waals surface area contributed by atoms with Crippen LogP contribution in [0.5, 0.6) is 5.19 Å². The minimum absolute atomic E-state index is 0.0289. The number of hydrogen-bond acceptors (Lipinski definition) is 6. The van der Waals surface area contributed by atoms with Crippen molar-refractivity contribution in [3.8, 4) is 5.19 Å². The van der Waals surface area contributed by atoms with Gasteiger partial charge in [-0.2, -0.15) is 0 Å². The summed E-state index contributed by atoms with van der Waals surface area (Å²) in [4.78, 5) is 18.8. The lowest BCUT2D eigenvalue weighted by Gasteiger charge is -2.22. The van der Waals surface area contributed by atoms with Gasteiger partial charge in [0.1, 0.15) is 17.6 Å². The van der Waals surface area contributed by atoms with Crippen molar-refractivity contribution in [1.82, 2.24) is 15.2 Å². The highest BCUT2D eigenvalue weighted by Gasteiger charge is 2.17. The van der Waals surface area contributed by atoms with E-state index in [4.69, 9.17) is 4.74 Å². The standard InChI is InChI=1S/C18H33N3O3S/c1-6-7-8-9-10-21(5)16(23)15-12-19-17(25-15)24-13-14(22)11-20-18(2,3)4/h12,14,20,22H,6-11,13H2,1-5H3. The number of nitrogens with zero attached hydrogens (tertiary/aromatic N) is 2. The molecule has 1 aromatic heterocycles. The van der Waals surface area contributed by atoms with Gasteiger partial charge >= 0.3 is 0 Å². The molecule has 144 valence electrons. The van der Waals surface area contributed by atoms with E-state index < -0.39 is 6.10 Å². The van der Waals surface area contributed by atoms with Gasteiger partial charge in [-0.05, 0) is 27.2 Å². The van der Waals surface area contributed by atoms with Crippen molar-refractivity contribution >= 4 is 17.2 Å². The quantitative estimate of drug-likeness (QED) is 0.585. The second-order valence-electron chi connectivity index (χ2n) is 7.37. The summed E-state index contributed by atoms with van der Waals surface area (Å²) in [6, 6.07) is 0.